The number of ether oxygens (including phenoxy) is 1. The Morgan fingerprint density at radius 3 is 1.77 bits per heavy atom. The summed E-state index contributed by atoms with van der Waals surface area (Å²) < 4.78 is 5.72. The molecule has 1 saturated heterocycles. The molecule has 3 nitrogen and oxygen atoms in total. The van der Waals surface area contributed by atoms with Crippen molar-refractivity contribution in [2.75, 3.05) is 0 Å². The summed E-state index contributed by atoms with van der Waals surface area (Å²) in [5.74, 6) is -0.918. The Morgan fingerprint density at radius 1 is 0.818 bits per heavy atom. The molecule has 4 heteroatoms. The van der Waals surface area contributed by atoms with Gasteiger partial charge in [0, 0.05) is 5.97 Å². The van der Waals surface area contributed by atoms with E-state index in [1.54, 1.807) is 0 Å². The van der Waals surface area contributed by atoms with E-state index in [9.17, 15) is 9.90 Å². The smallest absolute Gasteiger partial charge is 0.550 e. The zero-order valence-electron chi connectivity index (χ0n) is 14.5. The van der Waals surface area contributed by atoms with Crippen LogP contribution in [0.3, 0.4) is 0 Å². The molecule has 0 spiro atoms. The second-order valence-corrected chi connectivity index (χ2v) is 6.45. The van der Waals surface area contributed by atoms with Gasteiger partial charge in [0.2, 0.25) is 0 Å². The van der Waals surface area contributed by atoms with Crippen LogP contribution in [0.2, 0.25) is 0 Å². The Balaban J connectivity index is 0.00000441. The fraction of sp³-hybridized carbons (Fsp3) is 0.944. The fourth-order valence-electron chi connectivity index (χ4n) is 2.96. The SMILES string of the molecule is CCCCCCCCC1OC1CCCCCCCC(=O)[O-].[Ca+2]. The van der Waals surface area contributed by atoms with Crippen LogP contribution in [-0.4, -0.2) is 55.9 Å². The predicted molar refractivity (Wildman–Crippen MR) is 89.7 cm³/mol. The molecule has 1 rings (SSSR count). The fourth-order valence-corrected chi connectivity index (χ4v) is 2.96. The van der Waals surface area contributed by atoms with E-state index in [0.29, 0.717) is 12.2 Å². The first kappa shape index (κ1) is 22.7. The van der Waals surface area contributed by atoms with Crippen molar-refractivity contribution in [3.05, 3.63) is 0 Å². The first-order valence-electron chi connectivity index (χ1n) is 9.09. The van der Waals surface area contributed by atoms with Crippen molar-refractivity contribution in [3.63, 3.8) is 0 Å². The molecule has 0 saturated carbocycles. The van der Waals surface area contributed by atoms with Crippen LogP contribution in [0.15, 0.2) is 0 Å². The van der Waals surface area contributed by atoms with Gasteiger partial charge in [0.1, 0.15) is 0 Å². The van der Waals surface area contributed by atoms with E-state index in [4.69, 9.17) is 4.74 Å². The molecule has 1 aliphatic rings. The average Bonchev–Trinajstić information content (AvgIpc) is 3.20. The number of hydrogen-bond donors (Lipinski definition) is 0. The maximum Gasteiger partial charge on any atom is 2.00 e. The topological polar surface area (TPSA) is 52.7 Å². The Kier molecular flexibility index (Phi) is 15.7. The van der Waals surface area contributed by atoms with Crippen LogP contribution < -0.4 is 5.11 Å². The third-order valence-electron chi connectivity index (χ3n) is 4.40. The standard InChI is InChI=1S/C18H34O3.Ca/c1-2-3-4-5-7-10-13-16-17(21-16)14-11-8-6-9-12-15-18(19)20;/h16-17H,2-15H2,1H3,(H,19,20);/q;+2/p-1. The molecule has 124 valence electrons. The number of epoxide rings is 1. The van der Waals surface area contributed by atoms with Gasteiger partial charge in [-0.2, -0.15) is 0 Å². The van der Waals surface area contributed by atoms with Gasteiger partial charge in [-0.3, -0.25) is 0 Å². The Bertz CT molecular complexity index is 271. The maximum absolute atomic E-state index is 10.3. The van der Waals surface area contributed by atoms with E-state index < -0.39 is 5.97 Å². The van der Waals surface area contributed by atoms with Crippen LogP contribution in [-0.2, 0) is 9.53 Å². The molecule has 2 atom stereocenters. The van der Waals surface area contributed by atoms with E-state index in [-0.39, 0.29) is 44.2 Å². The molecule has 0 aromatic rings. The molecule has 0 aromatic carbocycles. The van der Waals surface area contributed by atoms with Crippen LogP contribution in [0.25, 0.3) is 0 Å². The van der Waals surface area contributed by atoms with Crippen LogP contribution in [0.1, 0.15) is 96.8 Å². The predicted octanol–water partition coefficient (Wildman–Crippen LogP) is 3.60. The van der Waals surface area contributed by atoms with Gasteiger partial charge in [0.25, 0.3) is 0 Å². The third-order valence-corrected chi connectivity index (χ3v) is 4.40. The monoisotopic (exact) mass is 337 g/mol. The van der Waals surface area contributed by atoms with Crippen molar-refractivity contribution in [2.24, 2.45) is 0 Å². The van der Waals surface area contributed by atoms with Gasteiger partial charge >= 0.3 is 37.7 Å². The largest absolute Gasteiger partial charge is 2.00 e. The summed E-state index contributed by atoms with van der Waals surface area (Å²) >= 11 is 0. The molecule has 1 aliphatic heterocycles. The number of carbonyl (C=O) groups is 1. The second-order valence-electron chi connectivity index (χ2n) is 6.45. The number of unbranched alkanes of at least 4 members (excludes halogenated alkanes) is 9. The summed E-state index contributed by atoms with van der Waals surface area (Å²) in [6.45, 7) is 2.26. The van der Waals surface area contributed by atoms with Gasteiger partial charge in [0.05, 0.1) is 12.2 Å². The third kappa shape index (κ3) is 13.2. The van der Waals surface area contributed by atoms with Crippen LogP contribution in [0.4, 0.5) is 0 Å². The zero-order chi connectivity index (χ0) is 15.3. The molecular formula is C18H33CaO3+. The van der Waals surface area contributed by atoms with Crippen molar-refractivity contribution in [3.8, 4) is 0 Å². The molecule has 22 heavy (non-hydrogen) atoms. The molecule has 1 fully saturated rings. The summed E-state index contributed by atoms with van der Waals surface area (Å²) in [6.07, 6.45) is 17.3. The van der Waals surface area contributed by atoms with Gasteiger partial charge in [-0.15, -0.1) is 0 Å². The van der Waals surface area contributed by atoms with Crippen molar-refractivity contribution >= 4 is 43.7 Å². The normalized spacial score (nSPS) is 19.7. The van der Waals surface area contributed by atoms with E-state index >= 15 is 0 Å². The summed E-state index contributed by atoms with van der Waals surface area (Å²) in [4.78, 5) is 10.3. The summed E-state index contributed by atoms with van der Waals surface area (Å²) in [6, 6.07) is 0. The molecule has 1 heterocycles. The van der Waals surface area contributed by atoms with Crippen LogP contribution in [0, 0.1) is 0 Å². The molecule has 0 N–H and O–H groups in total. The minimum atomic E-state index is -0.918. The van der Waals surface area contributed by atoms with Gasteiger partial charge in [-0.25, -0.2) is 0 Å². The van der Waals surface area contributed by atoms with Crippen molar-refractivity contribution in [1.29, 1.82) is 0 Å². The van der Waals surface area contributed by atoms with Gasteiger partial charge in [-0.1, -0.05) is 71.1 Å². The van der Waals surface area contributed by atoms with Gasteiger partial charge in [-0.05, 0) is 25.7 Å². The number of hydrogen-bond acceptors (Lipinski definition) is 3. The van der Waals surface area contributed by atoms with Crippen LogP contribution in [0.5, 0.6) is 0 Å². The number of carboxylic acid groups (broad SMARTS) is 1. The van der Waals surface area contributed by atoms with Crippen LogP contribution >= 0.6 is 0 Å². The first-order valence-corrected chi connectivity index (χ1v) is 9.09. The first-order chi connectivity index (χ1) is 10.2. The molecule has 0 amide bonds. The minimum Gasteiger partial charge on any atom is -0.550 e. The molecule has 0 aromatic heterocycles. The van der Waals surface area contributed by atoms with E-state index in [1.807, 2.05) is 0 Å². The van der Waals surface area contributed by atoms with Gasteiger partial charge < -0.3 is 14.6 Å². The Hall–Kier alpha value is 0.690. The quantitative estimate of drug-likeness (QED) is 0.261. The summed E-state index contributed by atoms with van der Waals surface area (Å²) in [7, 11) is 0. The van der Waals surface area contributed by atoms with Gasteiger partial charge in [0.15, 0.2) is 0 Å². The zero-order valence-corrected chi connectivity index (χ0v) is 16.7. The maximum atomic E-state index is 10.3. The van der Waals surface area contributed by atoms with Crippen molar-refractivity contribution in [1.82, 2.24) is 0 Å². The van der Waals surface area contributed by atoms with Crippen molar-refractivity contribution in [2.45, 2.75) is 109 Å². The molecule has 0 bridgehead atoms. The average molecular weight is 338 g/mol. The minimum absolute atomic E-state index is 0. The summed E-state index contributed by atoms with van der Waals surface area (Å²) in [5.41, 5.74) is 0. The number of carboxylic acids is 1. The number of rotatable bonds is 15. The van der Waals surface area contributed by atoms with E-state index in [2.05, 4.69) is 6.92 Å². The van der Waals surface area contributed by atoms with Crippen molar-refractivity contribution < 1.29 is 14.6 Å². The Morgan fingerprint density at radius 2 is 1.27 bits per heavy atom. The molecule has 0 aliphatic carbocycles. The number of aliphatic carboxylic acids is 1. The number of carbonyl (C=O) groups excluding carboxylic acids is 1. The van der Waals surface area contributed by atoms with E-state index in [1.165, 1.54) is 64.2 Å². The van der Waals surface area contributed by atoms with E-state index in [0.717, 1.165) is 19.3 Å². The molecule has 0 radical (unpaired) electrons. The molecular weight excluding hydrogens is 304 g/mol. The second kappa shape index (κ2) is 15.2. The molecule has 2 unspecified atom stereocenters. The summed E-state index contributed by atoms with van der Waals surface area (Å²) in [5, 5.41) is 10.3. The Labute approximate surface area is 166 Å².